The Bertz CT molecular complexity index is 952. The molecule has 0 aliphatic rings. The zero-order valence-corrected chi connectivity index (χ0v) is 16.8. The number of thioether (sulfide) groups is 1. The molecule has 6 nitrogen and oxygen atoms in total. The maximum atomic E-state index is 12.5. The molecule has 7 heteroatoms. The Kier molecular flexibility index (Phi) is 6.60. The number of carbonyl (C=O) groups excluding carboxylic acids is 1. The first-order valence-electron chi connectivity index (χ1n) is 9.06. The van der Waals surface area contributed by atoms with Crippen LogP contribution in [-0.4, -0.2) is 31.4 Å². The van der Waals surface area contributed by atoms with Crippen molar-refractivity contribution in [3.63, 3.8) is 0 Å². The van der Waals surface area contributed by atoms with Gasteiger partial charge < -0.3 is 5.32 Å². The van der Waals surface area contributed by atoms with Gasteiger partial charge in [0.05, 0.1) is 5.75 Å². The van der Waals surface area contributed by atoms with Gasteiger partial charge in [0.1, 0.15) is 0 Å². The SMILES string of the molecule is C=CCn1c(SCC(=O)Nc2ccccc2C(C)C)nnc1-c1cccnc1. The average molecular weight is 394 g/mol. The number of anilines is 1. The van der Waals surface area contributed by atoms with Crippen molar-refractivity contribution in [1.29, 1.82) is 0 Å². The largest absolute Gasteiger partial charge is 0.325 e. The molecule has 0 unspecified atom stereocenters. The van der Waals surface area contributed by atoms with Crippen molar-refractivity contribution < 1.29 is 4.79 Å². The number of benzene rings is 1. The van der Waals surface area contributed by atoms with Gasteiger partial charge in [-0.15, -0.1) is 16.8 Å². The van der Waals surface area contributed by atoms with E-state index in [1.165, 1.54) is 11.8 Å². The summed E-state index contributed by atoms with van der Waals surface area (Å²) in [6.45, 7) is 8.58. The summed E-state index contributed by atoms with van der Waals surface area (Å²) < 4.78 is 1.93. The summed E-state index contributed by atoms with van der Waals surface area (Å²) in [5.74, 6) is 1.21. The van der Waals surface area contributed by atoms with E-state index >= 15 is 0 Å². The first-order valence-corrected chi connectivity index (χ1v) is 10.0. The van der Waals surface area contributed by atoms with Crippen LogP contribution in [0, 0.1) is 0 Å². The second-order valence-electron chi connectivity index (χ2n) is 6.53. The van der Waals surface area contributed by atoms with Crippen molar-refractivity contribution in [2.24, 2.45) is 0 Å². The molecule has 0 saturated heterocycles. The van der Waals surface area contributed by atoms with Crippen molar-refractivity contribution in [3.8, 4) is 11.4 Å². The van der Waals surface area contributed by atoms with Crippen LogP contribution in [-0.2, 0) is 11.3 Å². The fourth-order valence-corrected chi connectivity index (χ4v) is 3.58. The minimum Gasteiger partial charge on any atom is -0.325 e. The molecule has 0 aliphatic heterocycles. The van der Waals surface area contributed by atoms with Crippen LogP contribution in [0.15, 0.2) is 66.6 Å². The number of pyridine rings is 1. The topological polar surface area (TPSA) is 72.7 Å². The zero-order chi connectivity index (χ0) is 19.9. The van der Waals surface area contributed by atoms with E-state index in [4.69, 9.17) is 0 Å². The van der Waals surface area contributed by atoms with Gasteiger partial charge in [0.2, 0.25) is 5.91 Å². The molecule has 0 aliphatic carbocycles. The summed E-state index contributed by atoms with van der Waals surface area (Å²) >= 11 is 1.35. The number of hydrogen-bond donors (Lipinski definition) is 1. The first-order chi connectivity index (χ1) is 13.6. The summed E-state index contributed by atoms with van der Waals surface area (Å²) in [6.07, 6.45) is 5.24. The van der Waals surface area contributed by atoms with Crippen LogP contribution in [0.4, 0.5) is 5.69 Å². The predicted octanol–water partition coefficient (Wildman–Crippen LogP) is 4.38. The predicted molar refractivity (Wildman–Crippen MR) is 113 cm³/mol. The van der Waals surface area contributed by atoms with Gasteiger partial charge in [-0.05, 0) is 29.7 Å². The Morgan fingerprint density at radius 1 is 1.25 bits per heavy atom. The molecule has 0 saturated carbocycles. The highest BCUT2D eigenvalue weighted by atomic mass is 32.2. The number of hydrogen-bond acceptors (Lipinski definition) is 5. The number of nitrogens with one attached hydrogen (secondary N) is 1. The summed E-state index contributed by atoms with van der Waals surface area (Å²) in [6, 6.07) is 11.7. The molecule has 28 heavy (non-hydrogen) atoms. The normalized spacial score (nSPS) is 10.8. The van der Waals surface area contributed by atoms with Gasteiger partial charge in [-0.2, -0.15) is 0 Å². The van der Waals surface area contributed by atoms with Crippen LogP contribution in [0.5, 0.6) is 0 Å². The minimum atomic E-state index is -0.0748. The summed E-state index contributed by atoms with van der Waals surface area (Å²) in [5, 5.41) is 12.2. The minimum absolute atomic E-state index is 0.0748. The number of nitrogens with zero attached hydrogens (tertiary/aromatic N) is 4. The van der Waals surface area contributed by atoms with E-state index in [1.807, 2.05) is 41.0 Å². The van der Waals surface area contributed by atoms with Gasteiger partial charge in [0.15, 0.2) is 11.0 Å². The van der Waals surface area contributed by atoms with E-state index < -0.39 is 0 Å². The lowest BCUT2D eigenvalue weighted by Gasteiger charge is -2.13. The van der Waals surface area contributed by atoms with E-state index in [0.717, 1.165) is 16.8 Å². The van der Waals surface area contributed by atoms with Crippen LogP contribution in [0.1, 0.15) is 25.3 Å². The molecular formula is C21H23N5OS. The Balaban J connectivity index is 1.72. The highest BCUT2D eigenvalue weighted by Gasteiger charge is 2.16. The first kappa shape index (κ1) is 19.8. The molecule has 144 valence electrons. The van der Waals surface area contributed by atoms with Crippen molar-refractivity contribution in [3.05, 3.63) is 67.0 Å². The van der Waals surface area contributed by atoms with Crippen molar-refractivity contribution in [2.75, 3.05) is 11.1 Å². The van der Waals surface area contributed by atoms with Crippen molar-refractivity contribution in [2.45, 2.75) is 31.5 Å². The standard InChI is InChI=1S/C21H23N5OS/c1-4-12-26-20(16-8-7-11-22-13-16)24-25-21(26)28-14-19(27)23-18-10-6-5-9-17(18)15(2)3/h4-11,13,15H,1,12,14H2,2-3H3,(H,23,27). The number of para-hydroxylation sites is 1. The van der Waals surface area contributed by atoms with Crippen LogP contribution in [0.25, 0.3) is 11.4 Å². The third kappa shape index (κ3) is 4.67. The number of carbonyl (C=O) groups is 1. The summed E-state index contributed by atoms with van der Waals surface area (Å²) in [4.78, 5) is 16.6. The van der Waals surface area contributed by atoms with Crippen LogP contribution < -0.4 is 5.32 Å². The molecule has 0 fully saturated rings. The Labute approximate surface area is 169 Å². The fraction of sp³-hybridized carbons (Fsp3) is 0.238. The van der Waals surface area contributed by atoms with E-state index in [9.17, 15) is 4.79 Å². The molecule has 0 spiro atoms. The zero-order valence-electron chi connectivity index (χ0n) is 16.0. The van der Waals surface area contributed by atoms with Crippen LogP contribution in [0.2, 0.25) is 0 Å². The molecule has 1 N–H and O–H groups in total. The third-order valence-corrected chi connectivity index (χ3v) is 5.10. The lowest BCUT2D eigenvalue weighted by Crippen LogP contribution is -2.16. The fourth-order valence-electron chi connectivity index (χ4n) is 2.83. The van der Waals surface area contributed by atoms with Crippen LogP contribution in [0.3, 0.4) is 0 Å². The summed E-state index contributed by atoms with van der Waals surface area (Å²) in [5.41, 5.74) is 2.85. The van der Waals surface area contributed by atoms with E-state index in [0.29, 0.717) is 23.4 Å². The van der Waals surface area contributed by atoms with Gasteiger partial charge in [0.25, 0.3) is 0 Å². The molecule has 0 bridgehead atoms. The van der Waals surface area contributed by atoms with Gasteiger partial charge in [-0.25, -0.2) is 0 Å². The molecule has 0 atom stereocenters. The second-order valence-corrected chi connectivity index (χ2v) is 7.47. The van der Waals surface area contributed by atoms with Gasteiger partial charge >= 0.3 is 0 Å². The van der Waals surface area contributed by atoms with Gasteiger partial charge in [-0.1, -0.05) is 49.9 Å². The van der Waals surface area contributed by atoms with E-state index in [2.05, 4.69) is 40.9 Å². The molecular weight excluding hydrogens is 370 g/mol. The van der Waals surface area contributed by atoms with Gasteiger partial charge in [-0.3, -0.25) is 14.3 Å². The van der Waals surface area contributed by atoms with E-state index in [1.54, 1.807) is 18.5 Å². The van der Waals surface area contributed by atoms with Gasteiger partial charge in [0, 0.05) is 30.2 Å². The lowest BCUT2D eigenvalue weighted by molar-refractivity contribution is -0.113. The summed E-state index contributed by atoms with van der Waals surface area (Å²) in [7, 11) is 0. The maximum Gasteiger partial charge on any atom is 0.234 e. The number of aromatic nitrogens is 4. The Morgan fingerprint density at radius 2 is 2.07 bits per heavy atom. The lowest BCUT2D eigenvalue weighted by atomic mass is 10.0. The quantitative estimate of drug-likeness (QED) is 0.454. The smallest absolute Gasteiger partial charge is 0.234 e. The number of rotatable bonds is 8. The molecule has 1 aromatic carbocycles. The Hall–Kier alpha value is -2.93. The average Bonchev–Trinajstić information content (AvgIpc) is 3.10. The molecule has 3 aromatic rings. The third-order valence-electron chi connectivity index (χ3n) is 4.14. The van der Waals surface area contributed by atoms with E-state index in [-0.39, 0.29) is 11.7 Å². The number of allylic oxidation sites excluding steroid dienone is 1. The van der Waals surface area contributed by atoms with Crippen LogP contribution >= 0.6 is 11.8 Å². The molecule has 2 heterocycles. The molecule has 2 aromatic heterocycles. The van der Waals surface area contributed by atoms with Crippen molar-refractivity contribution in [1.82, 2.24) is 19.7 Å². The van der Waals surface area contributed by atoms with Crippen molar-refractivity contribution >= 4 is 23.4 Å². The highest BCUT2D eigenvalue weighted by molar-refractivity contribution is 7.99. The second kappa shape index (κ2) is 9.32. The molecule has 1 amide bonds. The monoisotopic (exact) mass is 393 g/mol. The molecule has 3 rings (SSSR count). The highest BCUT2D eigenvalue weighted by Crippen LogP contribution is 2.26. The number of amides is 1. The molecule has 0 radical (unpaired) electrons. The Morgan fingerprint density at radius 3 is 2.79 bits per heavy atom. The maximum absolute atomic E-state index is 12.5.